The Kier molecular flexibility index (Phi) is 5.37. The number of rotatable bonds is 5. The average Bonchev–Trinajstić information content (AvgIpc) is 2.24. The fraction of sp³-hybridized carbons (Fsp3) is 0.333. The third-order valence-corrected chi connectivity index (χ3v) is 2.45. The van der Waals surface area contributed by atoms with E-state index in [0.29, 0.717) is 16.3 Å². The molecule has 18 heavy (non-hydrogen) atoms. The van der Waals surface area contributed by atoms with Crippen molar-refractivity contribution in [3.8, 4) is 5.75 Å². The molecule has 0 aliphatic heterocycles. The summed E-state index contributed by atoms with van der Waals surface area (Å²) in [6.07, 6.45) is -0.185. The third-order valence-electron chi connectivity index (χ3n) is 1.93. The zero-order valence-electron chi connectivity index (χ0n) is 10.1. The van der Waals surface area contributed by atoms with Crippen LogP contribution in [0.4, 0.5) is 0 Å². The highest BCUT2D eigenvalue weighted by Gasteiger charge is 2.13. The van der Waals surface area contributed by atoms with Gasteiger partial charge in [0.05, 0.1) is 16.7 Å². The van der Waals surface area contributed by atoms with E-state index in [1.807, 2.05) is 0 Å². The molecule has 0 aliphatic carbocycles. The van der Waals surface area contributed by atoms with Gasteiger partial charge in [-0.2, -0.15) is 0 Å². The number of thiocarbonyl (C=S) groups is 1. The Labute approximate surface area is 116 Å². The zero-order chi connectivity index (χ0) is 13.7. The summed E-state index contributed by atoms with van der Waals surface area (Å²) in [6, 6.07) is 4.98. The lowest BCUT2D eigenvalue weighted by atomic mass is 10.2. The first kappa shape index (κ1) is 14.7. The maximum absolute atomic E-state index is 11.3. The van der Waals surface area contributed by atoms with Gasteiger partial charge in [-0.15, -0.1) is 0 Å². The van der Waals surface area contributed by atoms with E-state index in [4.69, 9.17) is 39.0 Å². The summed E-state index contributed by atoms with van der Waals surface area (Å²) in [4.78, 5) is 11.5. The first-order valence-electron chi connectivity index (χ1n) is 5.32. The molecule has 0 unspecified atom stereocenters. The van der Waals surface area contributed by atoms with Crippen LogP contribution in [0.1, 0.15) is 19.4 Å². The van der Waals surface area contributed by atoms with Gasteiger partial charge in [0.15, 0.2) is 6.61 Å². The summed E-state index contributed by atoms with van der Waals surface area (Å²) in [5, 5.41) is 0.386. The van der Waals surface area contributed by atoms with Crippen LogP contribution in [-0.4, -0.2) is 23.7 Å². The standard InChI is InChI=1S/C12H14ClNO3S/c1-7(2)17-10(15)6-16-9-5-3-4-8(13)11(9)12(14)18/h3-5,7H,6H2,1-2H3,(H2,14,18). The molecule has 0 aliphatic rings. The summed E-state index contributed by atoms with van der Waals surface area (Å²) in [7, 11) is 0. The average molecular weight is 288 g/mol. The Bertz CT molecular complexity index is 463. The number of esters is 1. The molecule has 98 valence electrons. The summed E-state index contributed by atoms with van der Waals surface area (Å²) in [5.74, 6) is -0.0884. The molecule has 0 atom stereocenters. The zero-order valence-corrected chi connectivity index (χ0v) is 11.7. The minimum atomic E-state index is -0.459. The Morgan fingerprint density at radius 1 is 1.50 bits per heavy atom. The summed E-state index contributed by atoms with van der Waals surface area (Å²) >= 11 is 10.8. The second-order valence-corrected chi connectivity index (χ2v) is 4.65. The Balaban J connectivity index is 2.76. The molecule has 0 bridgehead atoms. The number of carbonyl (C=O) groups is 1. The minimum Gasteiger partial charge on any atom is -0.481 e. The summed E-state index contributed by atoms with van der Waals surface area (Å²) in [6.45, 7) is 3.31. The number of ether oxygens (including phenoxy) is 2. The molecule has 1 aromatic carbocycles. The molecule has 0 fully saturated rings. The molecule has 4 nitrogen and oxygen atoms in total. The maximum atomic E-state index is 11.3. The molecule has 0 radical (unpaired) electrons. The van der Waals surface area contributed by atoms with E-state index in [9.17, 15) is 4.79 Å². The van der Waals surface area contributed by atoms with E-state index in [-0.39, 0.29) is 17.7 Å². The van der Waals surface area contributed by atoms with Gasteiger partial charge in [-0.05, 0) is 26.0 Å². The predicted octanol–water partition coefficient (Wildman–Crippen LogP) is 2.30. The number of carbonyl (C=O) groups excluding carboxylic acids is 1. The van der Waals surface area contributed by atoms with E-state index in [1.165, 1.54) is 0 Å². The van der Waals surface area contributed by atoms with E-state index in [1.54, 1.807) is 32.0 Å². The second-order valence-electron chi connectivity index (χ2n) is 3.80. The number of hydrogen-bond acceptors (Lipinski definition) is 4. The first-order valence-corrected chi connectivity index (χ1v) is 6.11. The topological polar surface area (TPSA) is 61.5 Å². The van der Waals surface area contributed by atoms with Crippen molar-refractivity contribution in [3.63, 3.8) is 0 Å². The van der Waals surface area contributed by atoms with Crippen LogP contribution in [0.15, 0.2) is 18.2 Å². The van der Waals surface area contributed by atoms with E-state index in [2.05, 4.69) is 0 Å². The van der Waals surface area contributed by atoms with Crippen molar-refractivity contribution < 1.29 is 14.3 Å². The number of nitrogens with two attached hydrogens (primary N) is 1. The summed E-state index contributed by atoms with van der Waals surface area (Å²) < 4.78 is 10.3. The van der Waals surface area contributed by atoms with Crippen molar-refractivity contribution in [1.29, 1.82) is 0 Å². The molecule has 0 spiro atoms. The molecule has 0 aromatic heterocycles. The number of halogens is 1. The van der Waals surface area contributed by atoms with E-state index >= 15 is 0 Å². The SMILES string of the molecule is CC(C)OC(=O)COc1cccc(Cl)c1C(N)=S. The normalized spacial score (nSPS) is 10.2. The fourth-order valence-electron chi connectivity index (χ4n) is 1.30. The van der Waals surface area contributed by atoms with Crippen LogP contribution in [0.3, 0.4) is 0 Å². The monoisotopic (exact) mass is 287 g/mol. The van der Waals surface area contributed by atoms with Gasteiger partial charge in [0.25, 0.3) is 0 Å². The lowest BCUT2D eigenvalue weighted by Gasteiger charge is -2.12. The van der Waals surface area contributed by atoms with Crippen molar-refractivity contribution in [3.05, 3.63) is 28.8 Å². The minimum absolute atomic E-state index is 0.118. The van der Waals surface area contributed by atoms with Gasteiger partial charge in [0, 0.05) is 0 Å². The van der Waals surface area contributed by atoms with Crippen molar-refractivity contribution in [2.45, 2.75) is 20.0 Å². The third kappa shape index (κ3) is 4.16. The van der Waals surface area contributed by atoms with Crippen LogP contribution in [0.25, 0.3) is 0 Å². The van der Waals surface area contributed by atoms with Crippen LogP contribution >= 0.6 is 23.8 Å². The van der Waals surface area contributed by atoms with Crippen molar-refractivity contribution in [1.82, 2.24) is 0 Å². The molecule has 6 heteroatoms. The largest absolute Gasteiger partial charge is 0.481 e. The van der Waals surface area contributed by atoms with Gasteiger partial charge in [-0.3, -0.25) is 0 Å². The van der Waals surface area contributed by atoms with Gasteiger partial charge < -0.3 is 15.2 Å². The molecule has 1 aromatic rings. The predicted molar refractivity (Wildman–Crippen MR) is 74.1 cm³/mol. The van der Waals surface area contributed by atoms with Crippen LogP contribution in [-0.2, 0) is 9.53 Å². The number of hydrogen-bond donors (Lipinski definition) is 1. The number of benzene rings is 1. The van der Waals surface area contributed by atoms with Crippen LogP contribution in [0.2, 0.25) is 5.02 Å². The highest BCUT2D eigenvalue weighted by molar-refractivity contribution is 7.80. The van der Waals surface area contributed by atoms with Gasteiger partial charge in [-0.1, -0.05) is 29.9 Å². The summed E-state index contributed by atoms with van der Waals surface area (Å²) in [5.41, 5.74) is 5.98. The molecular formula is C12H14ClNO3S. The highest BCUT2D eigenvalue weighted by Crippen LogP contribution is 2.26. The molecule has 0 amide bonds. The molecule has 0 saturated carbocycles. The second kappa shape index (κ2) is 6.56. The van der Waals surface area contributed by atoms with E-state index < -0.39 is 5.97 Å². The molecule has 0 saturated heterocycles. The lowest BCUT2D eigenvalue weighted by molar-refractivity contribution is -0.149. The Morgan fingerprint density at radius 3 is 2.72 bits per heavy atom. The lowest BCUT2D eigenvalue weighted by Crippen LogP contribution is -2.20. The Hall–Kier alpha value is -1.33. The van der Waals surface area contributed by atoms with Gasteiger partial charge in [0.2, 0.25) is 0 Å². The maximum Gasteiger partial charge on any atom is 0.344 e. The fourth-order valence-corrected chi connectivity index (χ4v) is 1.83. The van der Waals surface area contributed by atoms with Crippen LogP contribution < -0.4 is 10.5 Å². The molecule has 0 heterocycles. The van der Waals surface area contributed by atoms with Crippen molar-refractivity contribution in [2.75, 3.05) is 6.61 Å². The molecule has 2 N–H and O–H groups in total. The smallest absolute Gasteiger partial charge is 0.344 e. The highest BCUT2D eigenvalue weighted by atomic mass is 35.5. The van der Waals surface area contributed by atoms with Crippen LogP contribution in [0, 0.1) is 0 Å². The van der Waals surface area contributed by atoms with Crippen molar-refractivity contribution >= 4 is 34.8 Å². The van der Waals surface area contributed by atoms with Gasteiger partial charge in [-0.25, -0.2) is 4.79 Å². The van der Waals surface area contributed by atoms with Crippen LogP contribution in [0.5, 0.6) is 5.75 Å². The van der Waals surface area contributed by atoms with Crippen molar-refractivity contribution in [2.24, 2.45) is 5.73 Å². The first-order chi connectivity index (χ1) is 8.41. The molecule has 1 rings (SSSR count). The van der Waals surface area contributed by atoms with E-state index in [0.717, 1.165) is 0 Å². The van der Waals surface area contributed by atoms with Gasteiger partial charge >= 0.3 is 5.97 Å². The van der Waals surface area contributed by atoms with Gasteiger partial charge in [0.1, 0.15) is 10.7 Å². The Morgan fingerprint density at radius 2 is 2.17 bits per heavy atom. The quantitative estimate of drug-likeness (QED) is 0.665. The molecular weight excluding hydrogens is 274 g/mol.